The molecule has 2 aromatic carbocycles. The topological polar surface area (TPSA) is 34.1 Å². The van der Waals surface area contributed by atoms with Crippen LogP contribution in [0.4, 0.5) is 0 Å². The number of carbonyl (C=O) groups excluding carboxylic acids is 2. The lowest BCUT2D eigenvalue weighted by molar-refractivity contribution is 0.101. The minimum absolute atomic E-state index is 0.0290. The Hall–Kier alpha value is -1.29. The quantitative estimate of drug-likeness (QED) is 0.509. The molecule has 0 aromatic heterocycles. The lowest BCUT2D eigenvalue weighted by Gasteiger charge is -2.21. The predicted molar refractivity (Wildman–Crippen MR) is 89.9 cm³/mol. The number of fused-ring (bicyclic) bond motifs is 2. The molecule has 0 fully saturated rings. The Labute approximate surface area is 142 Å². The standard InChI is InChI=1S/C17H12Cl2O2S/c18-8-14(20)10-4-5-16-11(6-10)7-13-12(15(21)9-19)2-1-3-17(13)22-16/h1-6H,7-9H2. The normalized spacial score (nSPS) is 12.5. The van der Waals surface area contributed by atoms with Crippen LogP contribution in [-0.4, -0.2) is 23.3 Å². The fourth-order valence-electron chi connectivity index (χ4n) is 2.55. The Morgan fingerprint density at radius 1 is 1.00 bits per heavy atom. The van der Waals surface area contributed by atoms with Gasteiger partial charge in [0.2, 0.25) is 0 Å². The molecule has 22 heavy (non-hydrogen) atoms. The van der Waals surface area contributed by atoms with Crippen molar-refractivity contribution >= 4 is 46.5 Å². The van der Waals surface area contributed by atoms with E-state index in [1.54, 1.807) is 17.8 Å². The van der Waals surface area contributed by atoms with E-state index in [4.69, 9.17) is 23.2 Å². The van der Waals surface area contributed by atoms with E-state index in [2.05, 4.69) is 0 Å². The second kappa shape index (κ2) is 6.45. The van der Waals surface area contributed by atoms with Crippen molar-refractivity contribution in [2.45, 2.75) is 16.2 Å². The molecule has 1 aliphatic heterocycles. The van der Waals surface area contributed by atoms with Crippen LogP contribution in [0.25, 0.3) is 0 Å². The molecule has 0 atom stereocenters. The van der Waals surface area contributed by atoms with Gasteiger partial charge in [0, 0.05) is 27.3 Å². The molecule has 0 saturated carbocycles. The van der Waals surface area contributed by atoms with Gasteiger partial charge in [0.25, 0.3) is 0 Å². The SMILES string of the molecule is O=C(CCl)c1ccc2c(c1)Cc1c(cccc1C(=O)CCl)S2. The molecular formula is C17H12Cl2O2S. The molecule has 1 heterocycles. The lowest BCUT2D eigenvalue weighted by Crippen LogP contribution is -2.10. The van der Waals surface area contributed by atoms with Crippen molar-refractivity contribution in [3.63, 3.8) is 0 Å². The average molecular weight is 351 g/mol. The van der Waals surface area contributed by atoms with Gasteiger partial charge in [0.15, 0.2) is 11.6 Å². The largest absolute Gasteiger partial charge is 0.293 e. The molecule has 0 radical (unpaired) electrons. The van der Waals surface area contributed by atoms with Crippen LogP contribution in [-0.2, 0) is 6.42 Å². The molecule has 1 aliphatic rings. The summed E-state index contributed by atoms with van der Waals surface area (Å²) in [7, 11) is 0. The second-order valence-corrected chi connectivity index (χ2v) is 6.62. The van der Waals surface area contributed by atoms with E-state index in [9.17, 15) is 9.59 Å². The summed E-state index contributed by atoms with van der Waals surface area (Å²) < 4.78 is 0. The molecule has 0 spiro atoms. The molecule has 2 nitrogen and oxygen atoms in total. The fourth-order valence-corrected chi connectivity index (χ4v) is 3.94. The number of hydrogen-bond acceptors (Lipinski definition) is 3. The van der Waals surface area contributed by atoms with Crippen LogP contribution in [0.2, 0.25) is 0 Å². The summed E-state index contributed by atoms with van der Waals surface area (Å²) in [5.41, 5.74) is 3.31. The zero-order valence-electron chi connectivity index (χ0n) is 11.6. The van der Waals surface area contributed by atoms with E-state index < -0.39 is 0 Å². The number of hydrogen-bond donors (Lipinski definition) is 0. The first-order valence-corrected chi connectivity index (χ1v) is 8.63. The average Bonchev–Trinajstić information content (AvgIpc) is 2.57. The zero-order chi connectivity index (χ0) is 15.7. The molecule has 0 amide bonds. The smallest absolute Gasteiger partial charge is 0.177 e. The first-order valence-electron chi connectivity index (χ1n) is 6.75. The van der Waals surface area contributed by atoms with Crippen molar-refractivity contribution in [3.8, 4) is 0 Å². The van der Waals surface area contributed by atoms with Gasteiger partial charge in [-0.1, -0.05) is 30.0 Å². The van der Waals surface area contributed by atoms with Crippen LogP contribution >= 0.6 is 35.0 Å². The maximum Gasteiger partial charge on any atom is 0.177 e. The van der Waals surface area contributed by atoms with E-state index in [0.29, 0.717) is 17.5 Å². The minimum atomic E-state index is -0.0922. The molecule has 3 rings (SSSR count). The van der Waals surface area contributed by atoms with Crippen molar-refractivity contribution in [1.29, 1.82) is 0 Å². The number of Topliss-reactive ketones (excluding diaryl/α,β-unsaturated/α-hetero) is 2. The van der Waals surface area contributed by atoms with Crippen molar-refractivity contribution < 1.29 is 9.59 Å². The summed E-state index contributed by atoms with van der Waals surface area (Å²) in [4.78, 5) is 25.9. The Morgan fingerprint density at radius 3 is 2.50 bits per heavy atom. The Bertz CT molecular complexity index is 771. The third-order valence-electron chi connectivity index (χ3n) is 3.65. The van der Waals surface area contributed by atoms with Gasteiger partial charge in [-0.05, 0) is 29.3 Å². The summed E-state index contributed by atoms with van der Waals surface area (Å²) in [6.07, 6.45) is 0.625. The molecule has 0 unspecified atom stereocenters. The van der Waals surface area contributed by atoms with Crippen molar-refractivity contribution in [3.05, 3.63) is 58.7 Å². The summed E-state index contributed by atoms with van der Waals surface area (Å²) >= 11 is 12.9. The van der Waals surface area contributed by atoms with Gasteiger partial charge < -0.3 is 0 Å². The Balaban J connectivity index is 2.04. The third-order valence-corrected chi connectivity index (χ3v) is 5.35. The Kier molecular flexibility index (Phi) is 4.57. The van der Waals surface area contributed by atoms with Crippen LogP contribution in [0.3, 0.4) is 0 Å². The van der Waals surface area contributed by atoms with Gasteiger partial charge in [-0.2, -0.15) is 0 Å². The van der Waals surface area contributed by atoms with Crippen molar-refractivity contribution in [2.24, 2.45) is 0 Å². The van der Waals surface area contributed by atoms with Gasteiger partial charge >= 0.3 is 0 Å². The number of carbonyl (C=O) groups is 2. The monoisotopic (exact) mass is 350 g/mol. The molecule has 0 aliphatic carbocycles. The highest BCUT2D eigenvalue weighted by atomic mass is 35.5. The van der Waals surface area contributed by atoms with Crippen LogP contribution in [0.5, 0.6) is 0 Å². The van der Waals surface area contributed by atoms with Gasteiger partial charge in [0.05, 0.1) is 11.8 Å². The summed E-state index contributed by atoms with van der Waals surface area (Å²) in [5.74, 6) is -0.224. The fraction of sp³-hybridized carbons (Fsp3) is 0.176. The lowest BCUT2D eigenvalue weighted by atomic mass is 9.95. The molecule has 0 bridgehead atoms. The van der Waals surface area contributed by atoms with E-state index in [1.165, 1.54) is 0 Å². The molecular weight excluding hydrogens is 339 g/mol. The zero-order valence-corrected chi connectivity index (χ0v) is 13.9. The first kappa shape index (κ1) is 15.6. The van der Waals surface area contributed by atoms with Gasteiger partial charge in [-0.25, -0.2) is 0 Å². The number of ketones is 2. The molecule has 5 heteroatoms. The van der Waals surface area contributed by atoms with Gasteiger partial charge in [0.1, 0.15) is 0 Å². The highest BCUT2D eigenvalue weighted by Gasteiger charge is 2.22. The molecule has 112 valence electrons. The third kappa shape index (κ3) is 2.81. The van der Waals surface area contributed by atoms with E-state index >= 15 is 0 Å². The number of alkyl halides is 2. The molecule has 2 aromatic rings. The molecule has 0 N–H and O–H groups in total. The Morgan fingerprint density at radius 2 is 1.77 bits per heavy atom. The van der Waals surface area contributed by atoms with Crippen LogP contribution in [0.15, 0.2) is 46.2 Å². The first-order chi connectivity index (χ1) is 10.6. The van der Waals surface area contributed by atoms with Crippen LogP contribution in [0, 0.1) is 0 Å². The maximum atomic E-state index is 12.0. The minimum Gasteiger partial charge on any atom is -0.293 e. The van der Waals surface area contributed by atoms with Crippen LogP contribution < -0.4 is 0 Å². The number of halogens is 2. The summed E-state index contributed by atoms with van der Waals surface area (Å²) in [5, 5.41) is 0. The van der Waals surface area contributed by atoms with Gasteiger partial charge in [-0.3, -0.25) is 9.59 Å². The predicted octanol–water partition coefficient (Wildman–Crippen LogP) is 4.59. The van der Waals surface area contributed by atoms with Crippen LogP contribution in [0.1, 0.15) is 31.8 Å². The van der Waals surface area contributed by atoms with Gasteiger partial charge in [-0.15, -0.1) is 23.2 Å². The van der Waals surface area contributed by atoms with E-state index in [1.807, 2.05) is 30.3 Å². The van der Waals surface area contributed by atoms with Crippen molar-refractivity contribution in [1.82, 2.24) is 0 Å². The number of rotatable bonds is 4. The maximum absolute atomic E-state index is 12.0. The second-order valence-electron chi connectivity index (χ2n) is 5.00. The summed E-state index contributed by atoms with van der Waals surface area (Å²) in [6.45, 7) is 0. The summed E-state index contributed by atoms with van der Waals surface area (Å²) in [6, 6.07) is 11.3. The number of benzene rings is 2. The molecule has 0 saturated heterocycles. The van der Waals surface area contributed by atoms with Crippen molar-refractivity contribution in [2.75, 3.05) is 11.8 Å². The van der Waals surface area contributed by atoms with E-state index in [-0.39, 0.29) is 23.3 Å². The van der Waals surface area contributed by atoms with E-state index in [0.717, 1.165) is 20.9 Å². The highest BCUT2D eigenvalue weighted by Crippen LogP contribution is 2.41. The highest BCUT2D eigenvalue weighted by molar-refractivity contribution is 7.99.